The lowest BCUT2D eigenvalue weighted by Gasteiger charge is -2.30. The molecule has 0 bridgehead atoms. The van der Waals surface area contributed by atoms with Crippen LogP contribution in [-0.4, -0.2) is 30.5 Å². The third-order valence-corrected chi connectivity index (χ3v) is 5.61. The average molecular weight is 350 g/mol. The second kappa shape index (κ2) is 6.90. The molecular weight excluding hydrogens is 326 g/mol. The molecule has 1 unspecified atom stereocenters. The van der Waals surface area contributed by atoms with Gasteiger partial charge in [0.2, 0.25) is 0 Å². The highest BCUT2D eigenvalue weighted by Crippen LogP contribution is 2.35. The van der Waals surface area contributed by atoms with E-state index >= 15 is 0 Å². The Balaban J connectivity index is 1.69. The third-order valence-electron chi connectivity index (χ3n) is 4.66. The number of H-pyrrole nitrogens is 1. The minimum absolute atomic E-state index is 0.270. The topological polar surface area (TPSA) is 22.3 Å². The summed E-state index contributed by atoms with van der Waals surface area (Å²) in [4.78, 5) is 9.36. The minimum Gasteiger partial charge on any atom is -0.361 e. The van der Waals surface area contributed by atoms with Crippen molar-refractivity contribution < 1.29 is 0 Å². The second-order valence-corrected chi connectivity index (χ2v) is 7.67. The van der Waals surface area contributed by atoms with Crippen molar-refractivity contribution in [2.75, 3.05) is 25.5 Å². The van der Waals surface area contributed by atoms with Gasteiger partial charge in [0.05, 0.1) is 6.04 Å². The van der Waals surface area contributed by atoms with Crippen molar-refractivity contribution in [3.63, 3.8) is 0 Å². The Morgan fingerprint density at radius 1 is 1.20 bits per heavy atom. The predicted octanol–water partition coefficient (Wildman–Crippen LogP) is 4.96. The van der Waals surface area contributed by atoms with E-state index in [1.807, 2.05) is 11.3 Å². The van der Waals surface area contributed by atoms with Gasteiger partial charge in [-0.2, -0.15) is 0 Å². The Kier molecular flexibility index (Phi) is 4.47. The smallest absolute Gasteiger partial charge is 0.0865 e. The number of aromatic amines is 1. The first-order valence-corrected chi connectivity index (χ1v) is 9.52. The van der Waals surface area contributed by atoms with E-state index in [0.717, 1.165) is 13.0 Å². The number of anilines is 1. The Labute approximate surface area is 152 Å². The van der Waals surface area contributed by atoms with Gasteiger partial charge in [0, 0.05) is 40.4 Å². The van der Waals surface area contributed by atoms with E-state index in [9.17, 15) is 0 Å². The molecule has 1 atom stereocenters. The van der Waals surface area contributed by atoms with Gasteiger partial charge in [-0.05, 0) is 61.8 Å². The van der Waals surface area contributed by atoms with Crippen molar-refractivity contribution in [1.82, 2.24) is 9.88 Å². The maximum absolute atomic E-state index is 3.41. The van der Waals surface area contributed by atoms with Crippen molar-refractivity contribution in [2.45, 2.75) is 12.5 Å². The number of likely N-dealkylation sites (N-methyl/N-ethyl adjacent to an activating group) is 1. The van der Waals surface area contributed by atoms with Gasteiger partial charge in [0.25, 0.3) is 0 Å². The molecule has 1 aromatic carbocycles. The van der Waals surface area contributed by atoms with E-state index in [1.165, 1.54) is 27.0 Å². The molecule has 0 aliphatic carbocycles. The first-order chi connectivity index (χ1) is 12.2. The molecule has 4 rings (SSSR count). The third kappa shape index (κ3) is 3.28. The van der Waals surface area contributed by atoms with Gasteiger partial charge in [-0.25, -0.2) is 0 Å². The van der Waals surface area contributed by atoms with Crippen LogP contribution in [-0.2, 0) is 6.42 Å². The van der Waals surface area contributed by atoms with E-state index in [0.29, 0.717) is 0 Å². The van der Waals surface area contributed by atoms with Crippen molar-refractivity contribution in [2.24, 2.45) is 0 Å². The number of allylic oxidation sites excluding steroid dienone is 2. The van der Waals surface area contributed by atoms with Crippen LogP contribution in [0.25, 0.3) is 10.9 Å². The summed E-state index contributed by atoms with van der Waals surface area (Å²) in [5.41, 5.74) is 3.83. The lowest BCUT2D eigenvalue weighted by molar-refractivity contribution is 0.414. The fourth-order valence-corrected chi connectivity index (χ4v) is 4.12. The van der Waals surface area contributed by atoms with Crippen molar-refractivity contribution in [3.8, 4) is 0 Å². The predicted molar refractivity (Wildman–Crippen MR) is 108 cm³/mol. The maximum Gasteiger partial charge on any atom is 0.0865 e. The quantitative estimate of drug-likeness (QED) is 0.703. The lowest BCUT2D eigenvalue weighted by atomic mass is 10.1. The molecule has 3 nitrogen and oxygen atoms in total. The summed E-state index contributed by atoms with van der Waals surface area (Å²) in [5.74, 6) is 0. The van der Waals surface area contributed by atoms with Crippen LogP contribution in [0.15, 0.2) is 66.3 Å². The average Bonchev–Trinajstić information content (AvgIpc) is 3.29. The number of hydrogen-bond acceptors (Lipinski definition) is 3. The Morgan fingerprint density at radius 3 is 2.92 bits per heavy atom. The zero-order valence-corrected chi connectivity index (χ0v) is 15.5. The summed E-state index contributed by atoms with van der Waals surface area (Å²) >= 11 is 1.81. The highest BCUT2D eigenvalue weighted by Gasteiger charge is 2.20. The number of hydrogen-bond donors (Lipinski definition) is 1. The molecule has 0 fully saturated rings. The number of nitrogens with zero attached hydrogens (tertiary/aromatic N) is 2. The van der Waals surface area contributed by atoms with Crippen LogP contribution in [0.2, 0.25) is 0 Å². The SMILES string of the molecule is CN(C)CCc1c[nH]c2ccc(N3C=CC=CC3c3cccs3)cc12. The van der Waals surface area contributed by atoms with Crippen LogP contribution in [0, 0.1) is 0 Å². The Bertz CT molecular complexity index is 903. The number of rotatable bonds is 5. The van der Waals surface area contributed by atoms with Crippen LogP contribution in [0.5, 0.6) is 0 Å². The van der Waals surface area contributed by atoms with Crippen LogP contribution >= 0.6 is 11.3 Å². The number of nitrogens with one attached hydrogen (secondary N) is 1. The fourth-order valence-electron chi connectivity index (χ4n) is 3.31. The number of fused-ring (bicyclic) bond motifs is 1. The monoisotopic (exact) mass is 349 g/mol. The molecule has 0 spiro atoms. The highest BCUT2D eigenvalue weighted by atomic mass is 32.1. The molecule has 2 aromatic heterocycles. The van der Waals surface area contributed by atoms with Crippen LogP contribution < -0.4 is 4.90 Å². The van der Waals surface area contributed by atoms with Crippen LogP contribution in [0.3, 0.4) is 0 Å². The summed E-state index contributed by atoms with van der Waals surface area (Å²) in [7, 11) is 4.24. The van der Waals surface area contributed by atoms with Gasteiger partial charge in [-0.3, -0.25) is 0 Å². The van der Waals surface area contributed by atoms with Gasteiger partial charge < -0.3 is 14.8 Å². The molecule has 0 saturated carbocycles. The summed E-state index contributed by atoms with van der Waals surface area (Å²) in [6, 6.07) is 11.3. The van der Waals surface area contributed by atoms with E-state index in [1.54, 1.807) is 0 Å². The number of benzene rings is 1. The first-order valence-electron chi connectivity index (χ1n) is 8.64. The van der Waals surface area contributed by atoms with Gasteiger partial charge in [-0.1, -0.05) is 18.2 Å². The second-order valence-electron chi connectivity index (χ2n) is 6.69. The Hall–Kier alpha value is -2.30. The van der Waals surface area contributed by atoms with Crippen LogP contribution in [0.1, 0.15) is 16.5 Å². The molecule has 4 heteroatoms. The molecule has 0 saturated heterocycles. The van der Waals surface area contributed by atoms with E-state index < -0.39 is 0 Å². The maximum atomic E-state index is 3.41. The summed E-state index contributed by atoms with van der Waals surface area (Å²) in [6.45, 7) is 1.06. The Morgan fingerprint density at radius 2 is 2.12 bits per heavy atom. The lowest BCUT2D eigenvalue weighted by Crippen LogP contribution is -2.22. The molecule has 1 aliphatic heterocycles. The summed E-state index contributed by atoms with van der Waals surface area (Å²) < 4.78 is 0. The number of aromatic nitrogens is 1. The summed E-state index contributed by atoms with van der Waals surface area (Å²) in [5, 5.41) is 3.47. The highest BCUT2D eigenvalue weighted by molar-refractivity contribution is 7.10. The van der Waals surface area contributed by atoms with Crippen molar-refractivity contribution >= 4 is 27.9 Å². The zero-order valence-electron chi connectivity index (χ0n) is 14.6. The van der Waals surface area contributed by atoms with Gasteiger partial charge in [0.15, 0.2) is 0 Å². The van der Waals surface area contributed by atoms with E-state index in [-0.39, 0.29) is 6.04 Å². The first kappa shape index (κ1) is 16.2. The molecule has 0 radical (unpaired) electrons. The molecule has 3 heterocycles. The van der Waals surface area contributed by atoms with E-state index in [4.69, 9.17) is 0 Å². The molecule has 1 aliphatic rings. The van der Waals surface area contributed by atoms with Gasteiger partial charge >= 0.3 is 0 Å². The zero-order chi connectivity index (χ0) is 17.2. The minimum atomic E-state index is 0.270. The number of thiophene rings is 1. The van der Waals surface area contributed by atoms with E-state index in [2.05, 4.69) is 95.2 Å². The molecule has 0 amide bonds. The largest absolute Gasteiger partial charge is 0.361 e. The van der Waals surface area contributed by atoms with Crippen LogP contribution in [0.4, 0.5) is 5.69 Å². The molecule has 1 N–H and O–H groups in total. The molecular formula is C21H23N3S. The summed E-state index contributed by atoms with van der Waals surface area (Å²) in [6.07, 6.45) is 11.9. The normalized spacial score (nSPS) is 17.1. The molecule has 128 valence electrons. The van der Waals surface area contributed by atoms with Crippen molar-refractivity contribution in [1.29, 1.82) is 0 Å². The van der Waals surface area contributed by atoms with Gasteiger partial charge in [0.1, 0.15) is 0 Å². The molecule has 3 aromatic rings. The van der Waals surface area contributed by atoms with Gasteiger partial charge in [-0.15, -0.1) is 11.3 Å². The standard InChI is InChI=1S/C21H23N3S/c1-23(2)12-10-16-15-22-19-9-8-17(14-18(16)19)24-11-4-3-6-20(24)21-7-5-13-25-21/h3-9,11,13-15,20,22H,10,12H2,1-2H3. The fraction of sp³-hybridized carbons (Fsp3) is 0.238. The molecule has 25 heavy (non-hydrogen) atoms. The van der Waals surface area contributed by atoms with Crippen molar-refractivity contribution in [3.05, 3.63) is 76.8 Å².